The highest BCUT2D eigenvalue weighted by Crippen LogP contribution is 2.39. The fourth-order valence-electron chi connectivity index (χ4n) is 4.31. The fourth-order valence-corrected chi connectivity index (χ4v) is 4.51. The van der Waals surface area contributed by atoms with Crippen molar-refractivity contribution in [3.05, 3.63) is 70.5 Å². The first kappa shape index (κ1) is 29.3. The van der Waals surface area contributed by atoms with Gasteiger partial charge in [0.2, 0.25) is 5.88 Å². The standard InChI is InChI=1S/C30H32ClF2N3O4/c1-17(2)36-15-21(14-34-36)20-9-7-19(8-10-20)13-22-18(3)26-24(38-16-25(37)40-30(4,5)6)12-11-23(31)27(26)35-28(22)39-29(32)33/h7-12,14-15,17,29H,13,16H2,1-6H3. The number of benzene rings is 2. The number of nitrogens with zero attached hydrogens (tertiary/aromatic N) is 3. The van der Waals surface area contributed by atoms with E-state index in [4.69, 9.17) is 25.8 Å². The van der Waals surface area contributed by atoms with Crippen LogP contribution in [0.3, 0.4) is 0 Å². The molecule has 0 saturated heterocycles. The molecule has 40 heavy (non-hydrogen) atoms. The number of halogens is 3. The summed E-state index contributed by atoms with van der Waals surface area (Å²) < 4.78 is 44.7. The highest BCUT2D eigenvalue weighted by Gasteiger charge is 2.22. The fraction of sp³-hybridized carbons (Fsp3) is 0.367. The van der Waals surface area contributed by atoms with Crippen molar-refractivity contribution in [1.82, 2.24) is 14.8 Å². The van der Waals surface area contributed by atoms with Crippen LogP contribution in [0.2, 0.25) is 5.02 Å². The summed E-state index contributed by atoms with van der Waals surface area (Å²) in [5.74, 6) is -0.427. The van der Waals surface area contributed by atoms with E-state index >= 15 is 0 Å². The van der Waals surface area contributed by atoms with E-state index < -0.39 is 18.2 Å². The molecule has 2 heterocycles. The van der Waals surface area contributed by atoms with E-state index in [0.717, 1.165) is 16.7 Å². The van der Waals surface area contributed by atoms with Gasteiger partial charge in [-0.15, -0.1) is 0 Å². The number of carbonyl (C=O) groups is 1. The quantitative estimate of drug-likeness (QED) is 0.193. The maximum atomic E-state index is 13.4. The molecule has 4 aromatic rings. The number of aromatic nitrogens is 3. The van der Waals surface area contributed by atoms with Gasteiger partial charge in [0.1, 0.15) is 11.4 Å². The van der Waals surface area contributed by atoms with Crippen LogP contribution in [0.1, 0.15) is 57.4 Å². The Balaban J connectivity index is 1.70. The smallest absolute Gasteiger partial charge is 0.388 e. The molecule has 0 bridgehead atoms. The van der Waals surface area contributed by atoms with Gasteiger partial charge in [0.25, 0.3) is 0 Å². The number of carbonyl (C=O) groups excluding carboxylic acids is 1. The number of ether oxygens (including phenoxy) is 3. The lowest BCUT2D eigenvalue weighted by atomic mass is 9.96. The largest absolute Gasteiger partial charge is 0.481 e. The van der Waals surface area contributed by atoms with Crippen molar-refractivity contribution in [3.8, 4) is 22.8 Å². The first-order chi connectivity index (χ1) is 18.8. The first-order valence-corrected chi connectivity index (χ1v) is 13.2. The zero-order valence-electron chi connectivity index (χ0n) is 23.3. The number of esters is 1. The molecule has 2 aromatic heterocycles. The van der Waals surface area contributed by atoms with Gasteiger partial charge in [-0.05, 0) is 70.4 Å². The molecule has 0 amide bonds. The maximum absolute atomic E-state index is 13.4. The Hall–Kier alpha value is -3.72. The molecule has 2 aromatic carbocycles. The minimum atomic E-state index is -3.08. The van der Waals surface area contributed by atoms with Crippen LogP contribution < -0.4 is 9.47 Å². The molecule has 212 valence electrons. The third-order valence-electron chi connectivity index (χ3n) is 6.15. The monoisotopic (exact) mass is 571 g/mol. The average Bonchev–Trinajstić information content (AvgIpc) is 3.36. The Morgan fingerprint density at radius 1 is 1.07 bits per heavy atom. The molecule has 0 spiro atoms. The molecular formula is C30H32ClF2N3O4. The number of pyridine rings is 1. The number of aryl methyl sites for hydroxylation is 1. The summed E-state index contributed by atoms with van der Waals surface area (Å²) in [5.41, 5.74) is 3.45. The summed E-state index contributed by atoms with van der Waals surface area (Å²) in [5, 5.41) is 5.13. The summed E-state index contributed by atoms with van der Waals surface area (Å²) >= 11 is 6.41. The third kappa shape index (κ3) is 6.88. The van der Waals surface area contributed by atoms with Gasteiger partial charge in [0, 0.05) is 35.2 Å². The minimum Gasteiger partial charge on any atom is -0.481 e. The van der Waals surface area contributed by atoms with Gasteiger partial charge in [0.15, 0.2) is 6.61 Å². The normalized spacial score (nSPS) is 11.9. The number of hydrogen-bond donors (Lipinski definition) is 0. The van der Waals surface area contributed by atoms with Crippen molar-refractivity contribution in [2.75, 3.05) is 6.61 Å². The number of alkyl halides is 2. The average molecular weight is 572 g/mol. The van der Waals surface area contributed by atoms with Crippen LogP contribution in [0.5, 0.6) is 11.6 Å². The van der Waals surface area contributed by atoms with Gasteiger partial charge in [-0.1, -0.05) is 35.9 Å². The first-order valence-electron chi connectivity index (χ1n) is 12.9. The van der Waals surface area contributed by atoms with E-state index in [0.29, 0.717) is 22.3 Å². The number of rotatable bonds is 9. The molecule has 0 aliphatic carbocycles. The molecule has 0 aliphatic rings. The van der Waals surface area contributed by atoms with Crippen molar-refractivity contribution in [1.29, 1.82) is 0 Å². The zero-order valence-corrected chi connectivity index (χ0v) is 24.1. The van der Waals surface area contributed by atoms with E-state index in [1.165, 1.54) is 6.07 Å². The molecule has 0 aliphatic heterocycles. The van der Waals surface area contributed by atoms with E-state index in [-0.39, 0.29) is 35.5 Å². The predicted molar refractivity (Wildman–Crippen MR) is 150 cm³/mol. The number of hydrogen-bond acceptors (Lipinski definition) is 6. The van der Waals surface area contributed by atoms with Gasteiger partial charge in [-0.25, -0.2) is 9.78 Å². The molecule has 0 radical (unpaired) electrons. The molecule has 10 heteroatoms. The van der Waals surface area contributed by atoms with Gasteiger partial charge in [-0.3, -0.25) is 4.68 Å². The Bertz CT molecular complexity index is 1510. The van der Waals surface area contributed by atoms with Gasteiger partial charge < -0.3 is 14.2 Å². The van der Waals surface area contributed by atoms with E-state index in [1.807, 2.05) is 41.3 Å². The summed E-state index contributed by atoms with van der Waals surface area (Å²) in [6, 6.07) is 11.2. The van der Waals surface area contributed by atoms with Crippen molar-refractivity contribution in [2.24, 2.45) is 0 Å². The summed E-state index contributed by atoms with van der Waals surface area (Å²) in [4.78, 5) is 16.6. The second-order valence-electron chi connectivity index (χ2n) is 10.7. The van der Waals surface area contributed by atoms with Crippen LogP contribution in [-0.2, 0) is 16.0 Å². The summed E-state index contributed by atoms with van der Waals surface area (Å²) in [6.07, 6.45) is 4.05. The van der Waals surface area contributed by atoms with Crippen LogP contribution in [-0.4, -0.2) is 39.6 Å². The highest BCUT2D eigenvalue weighted by atomic mass is 35.5. The van der Waals surface area contributed by atoms with Gasteiger partial charge >= 0.3 is 12.6 Å². The van der Waals surface area contributed by atoms with Crippen molar-refractivity contribution in [2.45, 2.75) is 66.2 Å². The van der Waals surface area contributed by atoms with E-state index in [2.05, 4.69) is 23.9 Å². The van der Waals surface area contributed by atoms with Crippen LogP contribution in [0.25, 0.3) is 22.0 Å². The van der Waals surface area contributed by atoms with Gasteiger partial charge in [0.05, 0.1) is 16.7 Å². The van der Waals surface area contributed by atoms with E-state index in [9.17, 15) is 13.6 Å². The Kier molecular flexibility index (Phi) is 8.63. The predicted octanol–water partition coefficient (Wildman–Crippen LogP) is 7.55. The Morgan fingerprint density at radius 3 is 2.38 bits per heavy atom. The lowest BCUT2D eigenvalue weighted by molar-refractivity contribution is -0.157. The number of fused-ring (bicyclic) bond motifs is 1. The summed E-state index contributed by atoms with van der Waals surface area (Å²) in [6.45, 7) is 7.75. The van der Waals surface area contributed by atoms with E-state index in [1.54, 1.807) is 33.8 Å². The minimum absolute atomic E-state index is 0.214. The molecule has 0 atom stereocenters. The third-order valence-corrected chi connectivity index (χ3v) is 6.46. The SMILES string of the molecule is Cc1c(Cc2ccc(-c3cnn(C(C)C)c3)cc2)c(OC(F)F)nc2c(Cl)ccc(OCC(=O)OC(C)(C)C)c12. The van der Waals surface area contributed by atoms with Crippen molar-refractivity contribution in [3.63, 3.8) is 0 Å². The van der Waals surface area contributed by atoms with Crippen molar-refractivity contribution >= 4 is 28.5 Å². The topological polar surface area (TPSA) is 75.5 Å². The second-order valence-corrected chi connectivity index (χ2v) is 11.1. The van der Waals surface area contributed by atoms with Crippen LogP contribution >= 0.6 is 11.6 Å². The van der Waals surface area contributed by atoms with Crippen LogP contribution in [0, 0.1) is 6.92 Å². The molecule has 0 unspecified atom stereocenters. The van der Waals surface area contributed by atoms with Crippen LogP contribution in [0.4, 0.5) is 8.78 Å². The molecule has 0 saturated carbocycles. The second kappa shape index (κ2) is 11.8. The maximum Gasteiger partial charge on any atom is 0.388 e. The Morgan fingerprint density at radius 2 is 1.77 bits per heavy atom. The summed E-state index contributed by atoms with van der Waals surface area (Å²) in [7, 11) is 0. The van der Waals surface area contributed by atoms with Crippen molar-refractivity contribution < 1.29 is 27.8 Å². The molecule has 4 rings (SSSR count). The van der Waals surface area contributed by atoms with Gasteiger partial charge in [-0.2, -0.15) is 13.9 Å². The lowest BCUT2D eigenvalue weighted by Gasteiger charge is -2.20. The molecule has 0 fully saturated rings. The molecular weight excluding hydrogens is 540 g/mol. The molecule has 0 N–H and O–H groups in total. The molecule has 7 nitrogen and oxygen atoms in total. The van der Waals surface area contributed by atoms with Crippen LogP contribution in [0.15, 0.2) is 48.8 Å². The lowest BCUT2D eigenvalue weighted by Crippen LogP contribution is -2.27. The Labute approximate surface area is 237 Å². The zero-order chi connectivity index (χ0) is 29.2. The highest BCUT2D eigenvalue weighted by molar-refractivity contribution is 6.35.